The number of ketones is 1. The number of carbonyl (C=O) groups excluding carboxylic acids is 1. The first kappa shape index (κ1) is 7.03. The summed E-state index contributed by atoms with van der Waals surface area (Å²) < 4.78 is 0. The molecule has 1 fully saturated rings. The van der Waals surface area contributed by atoms with Crippen LogP contribution in [0.2, 0.25) is 0 Å². The van der Waals surface area contributed by atoms with E-state index in [1.807, 2.05) is 11.9 Å². The van der Waals surface area contributed by atoms with Crippen molar-refractivity contribution in [2.45, 2.75) is 12.5 Å². The van der Waals surface area contributed by atoms with Crippen LogP contribution in [-0.2, 0) is 4.79 Å². The molecule has 0 amide bonds. The maximum atomic E-state index is 10.9. The Morgan fingerprint density at radius 3 is 2.78 bits per heavy atom. The Kier molecular flexibility index (Phi) is 2.09. The number of nitrogens with zero attached hydrogens (tertiary/aromatic N) is 1. The fourth-order valence-electron chi connectivity index (χ4n) is 1.06. The molecular formula is C6H10ClNO. The molecule has 0 aromatic heterocycles. The van der Waals surface area contributed by atoms with Crippen LogP contribution < -0.4 is 0 Å². The lowest BCUT2D eigenvalue weighted by atomic mass is 10.2. The van der Waals surface area contributed by atoms with E-state index in [0.717, 1.165) is 6.54 Å². The number of likely N-dealkylation sites (N-methyl/N-ethyl adjacent to an activating group) is 1. The van der Waals surface area contributed by atoms with Crippen LogP contribution in [0.25, 0.3) is 0 Å². The molecular weight excluding hydrogens is 138 g/mol. The normalized spacial score (nSPS) is 29.6. The minimum Gasteiger partial charge on any atom is -0.298 e. The van der Waals surface area contributed by atoms with Gasteiger partial charge in [0.2, 0.25) is 0 Å². The Hall–Kier alpha value is -0.0800. The highest BCUT2D eigenvalue weighted by molar-refractivity contribution is 6.20. The Morgan fingerprint density at radius 2 is 2.56 bits per heavy atom. The summed E-state index contributed by atoms with van der Waals surface area (Å²) in [6, 6.07) is -0.00772. The number of Topliss-reactive ketones (excluding diaryl/α,β-unsaturated/α-hetero) is 1. The minimum absolute atomic E-state index is 0.00772. The number of likely N-dealkylation sites (tertiary alicyclic amines) is 1. The summed E-state index contributed by atoms with van der Waals surface area (Å²) in [5, 5.41) is 0. The molecule has 3 heteroatoms. The van der Waals surface area contributed by atoms with Crippen molar-refractivity contribution >= 4 is 17.4 Å². The van der Waals surface area contributed by atoms with Crippen LogP contribution in [0, 0.1) is 0 Å². The van der Waals surface area contributed by atoms with Crippen molar-refractivity contribution in [2.75, 3.05) is 19.5 Å². The molecule has 0 aromatic rings. The topological polar surface area (TPSA) is 20.3 Å². The molecule has 1 heterocycles. The van der Waals surface area contributed by atoms with Gasteiger partial charge in [0.1, 0.15) is 0 Å². The van der Waals surface area contributed by atoms with Gasteiger partial charge in [0.15, 0.2) is 5.78 Å². The van der Waals surface area contributed by atoms with Crippen molar-refractivity contribution < 1.29 is 4.79 Å². The van der Waals surface area contributed by atoms with Crippen LogP contribution in [0.15, 0.2) is 0 Å². The molecule has 1 atom stereocenters. The van der Waals surface area contributed by atoms with E-state index in [1.165, 1.54) is 0 Å². The van der Waals surface area contributed by atoms with Gasteiger partial charge in [-0.3, -0.25) is 9.69 Å². The summed E-state index contributed by atoms with van der Waals surface area (Å²) in [7, 11) is 1.93. The molecule has 0 bridgehead atoms. The third kappa shape index (κ3) is 1.25. The highest BCUT2D eigenvalue weighted by Crippen LogP contribution is 2.11. The Balaban J connectivity index is 2.55. The first-order valence-corrected chi connectivity index (χ1v) is 3.58. The second kappa shape index (κ2) is 2.67. The molecule has 52 valence electrons. The van der Waals surface area contributed by atoms with Gasteiger partial charge in [0, 0.05) is 18.8 Å². The lowest BCUT2D eigenvalue weighted by molar-refractivity contribution is -0.119. The third-order valence-electron chi connectivity index (χ3n) is 1.76. The first-order chi connectivity index (χ1) is 4.25. The molecule has 0 spiro atoms. The van der Waals surface area contributed by atoms with Crippen molar-refractivity contribution in [3.8, 4) is 0 Å². The molecule has 0 unspecified atom stereocenters. The number of halogens is 1. The summed E-state index contributed by atoms with van der Waals surface area (Å²) >= 11 is 5.54. The van der Waals surface area contributed by atoms with E-state index in [0.29, 0.717) is 12.3 Å². The molecule has 0 aliphatic carbocycles. The lowest BCUT2D eigenvalue weighted by Crippen LogP contribution is -2.30. The van der Waals surface area contributed by atoms with Gasteiger partial charge >= 0.3 is 0 Å². The Labute approximate surface area is 59.8 Å². The smallest absolute Gasteiger partial charge is 0.152 e. The monoisotopic (exact) mass is 147 g/mol. The van der Waals surface area contributed by atoms with E-state index in [1.54, 1.807) is 0 Å². The Morgan fingerprint density at radius 1 is 1.89 bits per heavy atom. The first-order valence-electron chi connectivity index (χ1n) is 3.04. The van der Waals surface area contributed by atoms with E-state index in [-0.39, 0.29) is 11.8 Å². The van der Waals surface area contributed by atoms with Crippen LogP contribution in [0.4, 0.5) is 0 Å². The van der Waals surface area contributed by atoms with Gasteiger partial charge in [-0.1, -0.05) is 0 Å². The van der Waals surface area contributed by atoms with E-state index >= 15 is 0 Å². The number of hydrogen-bond donors (Lipinski definition) is 0. The van der Waals surface area contributed by atoms with Gasteiger partial charge in [0.25, 0.3) is 0 Å². The van der Waals surface area contributed by atoms with Crippen molar-refractivity contribution in [3.63, 3.8) is 0 Å². The minimum atomic E-state index is -0.00772. The molecule has 1 aliphatic heterocycles. The summed E-state index contributed by atoms with van der Waals surface area (Å²) in [5.74, 6) is 0.725. The van der Waals surface area contributed by atoms with Crippen LogP contribution in [-0.4, -0.2) is 36.2 Å². The van der Waals surface area contributed by atoms with Gasteiger partial charge in [-0.2, -0.15) is 0 Å². The highest BCUT2D eigenvalue weighted by Gasteiger charge is 2.27. The molecule has 1 saturated heterocycles. The fraction of sp³-hybridized carbons (Fsp3) is 0.833. The molecule has 0 N–H and O–H groups in total. The largest absolute Gasteiger partial charge is 0.298 e. The summed E-state index contributed by atoms with van der Waals surface area (Å²) in [4.78, 5) is 12.9. The van der Waals surface area contributed by atoms with Crippen molar-refractivity contribution in [3.05, 3.63) is 0 Å². The van der Waals surface area contributed by atoms with Gasteiger partial charge in [-0.15, -0.1) is 11.6 Å². The predicted molar refractivity (Wildman–Crippen MR) is 36.8 cm³/mol. The van der Waals surface area contributed by atoms with Crippen LogP contribution in [0.5, 0.6) is 0 Å². The molecule has 0 saturated carbocycles. The third-order valence-corrected chi connectivity index (χ3v) is 2.05. The molecule has 9 heavy (non-hydrogen) atoms. The molecule has 2 nitrogen and oxygen atoms in total. The average Bonchev–Trinajstić information content (AvgIpc) is 2.12. The maximum absolute atomic E-state index is 10.9. The van der Waals surface area contributed by atoms with Crippen LogP contribution in [0.3, 0.4) is 0 Å². The average molecular weight is 148 g/mol. The molecule has 0 radical (unpaired) electrons. The quantitative estimate of drug-likeness (QED) is 0.504. The fourth-order valence-corrected chi connectivity index (χ4v) is 1.47. The zero-order valence-corrected chi connectivity index (χ0v) is 6.19. The van der Waals surface area contributed by atoms with Crippen molar-refractivity contribution in [1.82, 2.24) is 4.90 Å². The zero-order chi connectivity index (χ0) is 6.85. The second-order valence-electron chi connectivity index (χ2n) is 2.37. The van der Waals surface area contributed by atoms with Gasteiger partial charge in [-0.05, 0) is 7.05 Å². The van der Waals surface area contributed by atoms with Crippen molar-refractivity contribution in [1.29, 1.82) is 0 Å². The van der Waals surface area contributed by atoms with E-state index < -0.39 is 0 Å². The van der Waals surface area contributed by atoms with E-state index in [2.05, 4.69) is 0 Å². The number of hydrogen-bond acceptors (Lipinski definition) is 2. The zero-order valence-electron chi connectivity index (χ0n) is 5.43. The Bertz CT molecular complexity index is 126. The van der Waals surface area contributed by atoms with Gasteiger partial charge in [0.05, 0.1) is 6.04 Å². The van der Waals surface area contributed by atoms with E-state index in [9.17, 15) is 4.79 Å². The lowest BCUT2D eigenvalue weighted by Gasteiger charge is -2.13. The number of rotatable bonds is 1. The SMILES string of the molecule is CN1CCC(=O)[C@H]1CCl. The molecule has 1 rings (SSSR count). The summed E-state index contributed by atoms with van der Waals surface area (Å²) in [6.45, 7) is 0.871. The summed E-state index contributed by atoms with van der Waals surface area (Å²) in [6.07, 6.45) is 0.674. The van der Waals surface area contributed by atoms with Crippen molar-refractivity contribution in [2.24, 2.45) is 0 Å². The van der Waals surface area contributed by atoms with E-state index in [4.69, 9.17) is 11.6 Å². The number of alkyl halides is 1. The number of carbonyl (C=O) groups is 1. The summed E-state index contributed by atoms with van der Waals surface area (Å²) in [5.41, 5.74) is 0. The van der Waals surface area contributed by atoms with Gasteiger partial charge < -0.3 is 0 Å². The van der Waals surface area contributed by atoms with Crippen LogP contribution >= 0.6 is 11.6 Å². The van der Waals surface area contributed by atoms with Gasteiger partial charge in [-0.25, -0.2) is 0 Å². The van der Waals surface area contributed by atoms with Crippen LogP contribution in [0.1, 0.15) is 6.42 Å². The molecule has 1 aliphatic rings. The maximum Gasteiger partial charge on any atom is 0.152 e. The molecule has 0 aromatic carbocycles. The second-order valence-corrected chi connectivity index (χ2v) is 2.68. The highest BCUT2D eigenvalue weighted by atomic mass is 35.5. The predicted octanol–water partition coefficient (Wildman–Crippen LogP) is 0.498. The standard InChI is InChI=1S/C6H10ClNO/c1-8-3-2-6(9)5(8)4-7/h5H,2-4H2,1H3/t5-/m1/s1.